The molecule has 0 aliphatic carbocycles. The summed E-state index contributed by atoms with van der Waals surface area (Å²) in [5, 5.41) is 0. The van der Waals surface area contributed by atoms with Crippen molar-refractivity contribution in [3.8, 4) is 0 Å². The van der Waals surface area contributed by atoms with Crippen molar-refractivity contribution in [3.05, 3.63) is 30.1 Å². The Bertz CT molecular complexity index is 280. The topological polar surface area (TPSA) is 33.2 Å². The van der Waals surface area contributed by atoms with E-state index in [1.165, 1.54) is 0 Å². The fraction of sp³-hybridized carbons (Fsp3) is 0.333. The highest BCUT2D eigenvalue weighted by Gasteiger charge is 2.20. The molecule has 0 aromatic carbocycles. The van der Waals surface area contributed by atoms with Gasteiger partial charge in [0.2, 0.25) is 0 Å². The maximum Gasteiger partial charge on any atom is 0.255 e. The normalized spacial score (nSPS) is 15.5. The minimum Gasteiger partial charge on any atom is -0.338 e. The Morgan fingerprint density at radius 2 is 2.33 bits per heavy atom. The number of amides is 1. The first-order chi connectivity index (χ1) is 5.88. The maximum atomic E-state index is 11.5. The highest BCUT2D eigenvalue weighted by molar-refractivity contribution is 5.94. The second kappa shape index (κ2) is 2.93. The molecule has 0 unspecified atom stereocenters. The van der Waals surface area contributed by atoms with E-state index in [-0.39, 0.29) is 5.91 Å². The predicted octanol–water partition coefficient (Wildman–Crippen LogP) is 0.927. The summed E-state index contributed by atoms with van der Waals surface area (Å²) >= 11 is 0. The van der Waals surface area contributed by atoms with Crippen LogP contribution >= 0.6 is 0 Å². The zero-order valence-electron chi connectivity index (χ0n) is 6.73. The second-order valence-corrected chi connectivity index (χ2v) is 2.89. The molecule has 3 heteroatoms. The van der Waals surface area contributed by atoms with Crippen LogP contribution in [0, 0.1) is 0 Å². The molecule has 0 N–H and O–H groups in total. The number of rotatable bonds is 1. The van der Waals surface area contributed by atoms with Crippen LogP contribution in [-0.4, -0.2) is 28.9 Å². The van der Waals surface area contributed by atoms with Crippen LogP contribution in [0.15, 0.2) is 24.5 Å². The third-order valence-electron chi connectivity index (χ3n) is 2.05. The van der Waals surface area contributed by atoms with Crippen LogP contribution < -0.4 is 0 Å². The standard InChI is InChI=1S/C9H10N2O/c12-9(11-5-2-6-11)8-3-1-4-10-7-8/h1,3-4,7H,2,5-6H2. The van der Waals surface area contributed by atoms with Crippen molar-refractivity contribution >= 4 is 5.91 Å². The first-order valence-electron chi connectivity index (χ1n) is 4.07. The Morgan fingerprint density at radius 3 is 2.83 bits per heavy atom. The molecule has 62 valence electrons. The largest absolute Gasteiger partial charge is 0.338 e. The fourth-order valence-corrected chi connectivity index (χ4v) is 1.19. The summed E-state index contributed by atoms with van der Waals surface area (Å²) in [5.41, 5.74) is 0.692. The van der Waals surface area contributed by atoms with Crippen molar-refractivity contribution in [1.82, 2.24) is 9.88 Å². The van der Waals surface area contributed by atoms with Crippen molar-refractivity contribution in [2.24, 2.45) is 0 Å². The van der Waals surface area contributed by atoms with Gasteiger partial charge in [0.05, 0.1) is 5.56 Å². The number of carbonyl (C=O) groups excluding carboxylic acids is 1. The minimum atomic E-state index is 0.106. The quantitative estimate of drug-likeness (QED) is 0.615. The second-order valence-electron chi connectivity index (χ2n) is 2.89. The van der Waals surface area contributed by atoms with E-state index in [4.69, 9.17) is 0 Å². The molecule has 3 nitrogen and oxygen atoms in total. The van der Waals surface area contributed by atoms with Gasteiger partial charge in [-0.25, -0.2) is 0 Å². The highest BCUT2D eigenvalue weighted by atomic mass is 16.2. The Morgan fingerprint density at radius 1 is 1.50 bits per heavy atom. The van der Waals surface area contributed by atoms with Crippen LogP contribution in [0.1, 0.15) is 16.8 Å². The molecule has 2 heterocycles. The lowest BCUT2D eigenvalue weighted by molar-refractivity contribution is 0.0651. The van der Waals surface area contributed by atoms with Gasteiger partial charge in [-0.1, -0.05) is 0 Å². The third kappa shape index (κ3) is 1.18. The molecular formula is C9H10N2O. The summed E-state index contributed by atoms with van der Waals surface area (Å²) in [6, 6.07) is 3.58. The van der Waals surface area contributed by atoms with Crippen molar-refractivity contribution in [1.29, 1.82) is 0 Å². The van der Waals surface area contributed by atoms with Crippen molar-refractivity contribution < 1.29 is 4.79 Å². The number of nitrogens with zero attached hydrogens (tertiary/aromatic N) is 2. The zero-order chi connectivity index (χ0) is 8.39. The summed E-state index contributed by atoms with van der Waals surface area (Å²) in [6.45, 7) is 1.79. The zero-order valence-corrected chi connectivity index (χ0v) is 6.73. The summed E-state index contributed by atoms with van der Waals surface area (Å²) in [4.78, 5) is 17.2. The van der Waals surface area contributed by atoms with Crippen LogP contribution in [0.4, 0.5) is 0 Å². The molecule has 0 atom stereocenters. The summed E-state index contributed by atoms with van der Waals surface area (Å²) in [5.74, 6) is 0.106. The first kappa shape index (κ1) is 7.28. The molecule has 1 fully saturated rings. The van der Waals surface area contributed by atoms with E-state index >= 15 is 0 Å². The van der Waals surface area contributed by atoms with Crippen LogP contribution in [0.2, 0.25) is 0 Å². The van der Waals surface area contributed by atoms with Crippen LogP contribution in [0.5, 0.6) is 0 Å². The number of aromatic nitrogens is 1. The molecule has 1 aliphatic rings. The van der Waals surface area contributed by atoms with Gasteiger partial charge in [-0.2, -0.15) is 0 Å². The van der Waals surface area contributed by atoms with Gasteiger partial charge in [-0.3, -0.25) is 9.78 Å². The van der Waals surface area contributed by atoms with E-state index in [2.05, 4.69) is 4.98 Å². The van der Waals surface area contributed by atoms with E-state index in [9.17, 15) is 4.79 Å². The van der Waals surface area contributed by atoms with Gasteiger partial charge in [-0.05, 0) is 18.6 Å². The Hall–Kier alpha value is -1.38. The van der Waals surface area contributed by atoms with Crippen LogP contribution in [-0.2, 0) is 0 Å². The third-order valence-corrected chi connectivity index (χ3v) is 2.05. The monoisotopic (exact) mass is 162 g/mol. The number of hydrogen-bond acceptors (Lipinski definition) is 2. The van der Waals surface area contributed by atoms with Crippen LogP contribution in [0.3, 0.4) is 0 Å². The SMILES string of the molecule is O=C(c1cccnc1)N1CCC1. The average Bonchev–Trinajstić information content (AvgIpc) is 2.03. The van der Waals surface area contributed by atoms with Gasteiger partial charge >= 0.3 is 0 Å². The highest BCUT2D eigenvalue weighted by Crippen LogP contribution is 2.10. The van der Waals surface area contributed by atoms with Crippen molar-refractivity contribution in [3.63, 3.8) is 0 Å². The van der Waals surface area contributed by atoms with Gasteiger partial charge in [0.1, 0.15) is 0 Å². The molecule has 1 saturated heterocycles. The van der Waals surface area contributed by atoms with Gasteiger partial charge in [0.25, 0.3) is 5.91 Å². The van der Waals surface area contributed by atoms with Gasteiger partial charge < -0.3 is 4.90 Å². The minimum absolute atomic E-state index is 0.106. The molecule has 1 aliphatic heterocycles. The molecule has 0 radical (unpaired) electrons. The van der Waals surface area contributed by atoms with E-state index < -0.39 is 0 Å². The lowest BCUT2D eigenvalue weighted by Gasteiger charge is -2.30. The maximum absolute atomic E-state index is 11.5. The number of carbonyl (C=O) groups is 1. The average molecular weight is 162 g/mol. The molecule has 0 bridgehead atoms. The molecule has 0 spiro atoms. The van der Waals surface area contributed by atoms with Gasteiger partial charge in [0.15, 0.2) is 0 Å². The number of pyridine rings is 1. The molecule has 1 aromatic heterocycles. The van der Waals surface area contributed by atoms with Crippen molar-refractivity contribution in [2.45, 2.75) is 6.42 Å². The lowest BCUT2D eigenvalue weighted by atomic mass is 10.1. The molecule has 12 heavy (non-hydrogen) atoms. The Balaban J connectivity index is 2.14. The van der Waals surface area contributed by atoms with Gasteiger partial charge in [0, 0.05) is 25.5 Å². The summed E-state index contributed by atoms with van der Waals surface area (Å²) in [7, 11) is 0. The first-order valence-corrected chi connectivity index (χ1v) is 4.07. The fourth-order valence-electron chi connectivity index (χ4n) is 1.19. The smallest absolute Gasteiger partial charge is 0.255 e. The lowest BCUT2D eigenvalue weighted by Crippen LogP contribution is -2.42. The number of hydrogen-bond donors (Lipinski definition) is 0. The summed E-state index contributed by atoms with van der Waals surface area (Å²) in [6.07, 6.45) is 4.42. The molecule has 1 aromatic rings. The predicted molar refractivity (Wildman–Crippen MR) is 44.8 cm³/mol. The van der Waals surface area contributed by atoms with Gasteiger partial charge in [-0.15, -0.1) is 0 Å². The molecule has 0 saturated carbocycles. The summed E-state index contributed by atoms with van der Waals surface area (Å²) < 4.78 is 0. The van der Waals surface area contributed by atoms with Crippen molar-refractivity contribution in [2.75, 3.05) is 13.1 Å². The van der Waals surface area contributed by atoms with E-state index in [0.717, 1.165) is 19.5 Å². The van der Waals surface area contributed by atoms with E-state index in [1.807, 2.05) is 4.90 Å². The number of likely N-dealkylation sites (tertiary alicyclic amines) is 1. The molecule has 1 amide bonds. The van der Waals surface area contributed by atoms with Crippen LogP contribution in [0.25, 0.3) is 0 Å². The molecule has 2 rings (SSSR count). The van der Waals surface area contributed by atoms with E-state index in [1.54, 1.807) is 24.5 Å². The van der Waals surface area contributed by atoms with E-state index in [0.29, 0.717) is 5.56 Å². The molecular weight excluding hydrogens is 152 g/mol. The Labute approximate surface area is 71.0 Å². The Kier molecular flexibility index (Phi) is 1.78.